The van der Waals surface area contributed by atoms with E-state index in [1.165, 1.54) is 6.07 Å². The first-order valence-corrected chi connectivity index (χ1v) is 13.3. The number of ether oxygens (including phenoxy) is 1. The number of anilines is 3. The van der Waals surface area contributed by atoms with Crippen LogP contribution >= 0.6 is 11.6 Å². The molecule has 0 amide bonds. The summed E-state index contributed by atoms with van der Waals surface area (Å²) in [7, 11) is -0.813. The zero-order valence-corrected chi connectivity index (χ0v) is 21.0. The van der Waals surface area contributed by atoms with Gasteiger partial charge in [0.05, 0.1) is 10.6 Å². The first kappa shape index (κ1) is 26.2. The van der Waals surface area contributed by atoms with Crippen molar-refractivity contribution in [1.82, 2.24) is 20.1 Å². The van der Waals surface area contributed by atoms with E-state index in [4.69, 9.17) is 22.1 Å². The number of nitrogens with zero attached hydrogens (tertiary/aromatic N) is 3. The van der Waals surface area contributed by atoms with E-state index in [1.807, 2.05) is 0 Å². The van der Waals surface area contributed by atoms with Crippen molar-refractivity contribution in [2.75, 3.05) is 42.7 Å². The molecule has 4 rings (SSSR count). The Morgan fingerprint density at radius 2 is 1.94 bits per heavy atom. The summed E-state index contributed by atoms with van der Waals surface area (Å²) in [4.78, 5) is 6.10. The third-order valence-electron chi connectivity index (χ3n) is 5.83. The highest BCUT2D eigenvalue weighted by Gasteiger charge is 2.35. The Balaban J connectivity index is 1.48. The first-order valence-electron chi connectivity index (χ1n) is 11.2. The molecule has 1 aromatic heterocycles. The van der Waals surface area contributed by atoms with E-state index in [0.717, 1.165) is 38.5 Å². The maximum atomic E-state index is 14.0. The second kappa shape index (κ2) is 11.1. The number of hydrogen-bond donors (Lipinski definition) is 3. The summed E-state index contributed by atoms with van der Waals surface area (Å²) < 4.78 is 59.2. The van der Waals surface area contributed by atoms with Crippen molar-refractivity contribution in [1.29, 1.82) is 0 Å². The van der Waals surface area contributed by atoms with Gasteiger partial charge in [-0.25, -0.2) is 5.10 Å². The van der Waals surface area contributed by atoms with Crippen LogP contribution in [0.2, 0.25) is 5.02 Å². The molecule has 1 unspecified atom stereocenters. The molecule has 0 aliphatic carbocycles. The van der Waals surface area contributed by atoms with Gasteiger partial charge in [-0.05, 0) is 42.7 Å². The average Bonchev–Trinajstić information content (AvgIpc) is 3.23. The topological polar surface area (TPSA) is 109 Å². The van der Waals surface area contributed by atoms with Crippen LogP contribution in [0.4, 0.5) is 30.8 Å². The summed E-state index contributed by atoms with van der Waals surface area (Å²) in [6.45, 7) is 2.50. The predicted molar refractivity (Wildman–Crippen MR) is 135 cm³/mol. The van der Waals surface area contributed by atoms with Gasteiger partial charge in [0.25, 0.3) is 0 Å². The fourth-order valence-electron chi connectivity index (χ4n) is 4.06. The van der Waals surface area contributed by atoms with E-state index >= 15 is 0 Å². The van der Waals surface area contributed by atoms with Crippen molar-refractivity contribution in [3.63, 3.8) is 0 Å². The number of aromatic nitrogens is 3. The van der Waals surface area contributed by atoms with Gasteiger partial charge in [0.2, 0.25) is 11.9 Å². The van der Waals surface area contributed by atoms with Crippen LogP contribution in [0.3, 0.4) is 0 Å². The summed E-state index contributed by atoms with van der Waals surface area (Å²) >= 11 is 6.33. The number of alkyl halides is 3. The quantitative estimate of drug-likeness (QED) is 0.379. The lowest BCUT2D eigenvalue weighted by Crippen LogP contribution is -2.39. The van der Waals surface area contributed by atoms with Crippen molar-refractivity contribution in [3.8, 4) is 16.9 Å². The van der Waals surface area contributed by atoms with Gasteiger partial charge in [-0.15, -0.1) is 5.10 Å². The lowest BCUT2D eigenvalue weighted by Gasteiger charge is -2.32. The largest absolute Gasteiger partial charge is 0.490 e. The molecule has 36 heavy (non-hydrogen) atoms. The number of nitrogens with one attached hydrogen (secondary N) is 2. The minimum absolute atomic E-state index is 0.0172. The van der Waals surface area contributed by atoms with Crippen LogP contribution in [0.15, 0.2) is 36.4 Å². The Labute approximate surface area is 213 Å². The molecule has 1 aliphatic rings. The van der Waals surface area contributed by atoms with Gasteiger partial charge in [-0.3, -0.25) is 4.21 Å². The molecular weight excluding hydrogens is 517 g/mol. The van der Waals surface area contributed by atoms with Crippen LogP contribution in [0.25, 0.3) is 11.1 Å². The average molecular weight is 543 g/mol. The normalized spacial score (nSPS) is 16.1. The number of nitrogen functional groups attached to an aromatic ring is 1. The summed E-state index contributed by atoms with van der Waals surface area (Å²) in [5.41, 5.74) is 4.83. The number of hydrogen-bond acceptors (Lipinski definition) is 7. The Hall–Kier alpha value is -2.83. The van der Waals surface area contributed by atoms with E-state index in [-0.39, 0.29) is 34.3 Å². The lowest BCUT2D eigenvalue weighted by molar-refractivity contribution is -0.137. The van der Waals surface area contributed by atoms with Crippen LogP contribution in [-0.2, 0) is 17.0 Å². The summed E-state index contributed by atoms with van der Waals surface area (Å²) in [5.74, 6) is 1.29. The van der Waals surface area contributed by atoms with Gasteiger partial charge in [0.15, 0.2) is 0 Å². The third kappa shape index (κ3) is 6.68. The molecule has 1 saturated heterocycles. The molecule has 13 heteroatoms. The van der Waals surface area contributed by atoms with Crippen LogP contribution in [-0.4, -0.2) is 62.0 Å². The van der Waals surface area contributed by atoms with Crippen LogP contribution in [0.1, 0.15) is 18.4 Å². The Kier molecular flexibility index (Phi) is 8.06. The van der Waals surface area contributed by atoms with Crippen LogP contribution in [0, 0.1) is 0 Å². The van der Waals surface area contributed by atoms with Gasteiger partial charge in [0, 0.05) is 53.7 Å². The van der Waals surface area contributed by atoms with Crippen LogP contribution in [0.5, 0.6) is 5.75 Å². The fourth-order valence-corrected chi connectivity index (χ4v) is 4.90. The van der Waals surface area contributed by atoms with Crippen molar-refractivity contribution < 1.29 is 22.1 Å². The van der Waals surface area contributed by atoms with E-state index in [1.54, 1.807) is 30.5 Å². The van der Waals surface area contributed by atoms with Gasteiger partial charge in [0.1, 0.15) is 11.9 Å². The van der Waals surface area contributed by atoms with Crippen LogP contribution < -0.4 is 15.8 Å². The first-order chi connectivity index (χ1) is 17.1. The zero-order chi connectivity index (χ0) is 25.9. The monoisotopic (exact) mass is 542 g/mol. The van der Waals surface area contributed by atoms with E-state index in [2.05, 4.69) is 25.4 Å². The number of nitrogens with two attached hydrogens (primary N) is 1. The second-order valence-electron chi connectivity index (χ2n) is 8.51. The summed E-state index contributed by atoms with van der Waals surface area (Å²) in [6.07, 6.45) is -1.28. The van der Waals surface area contributed by atoms with Gasteiger partial charge in [-0.2, -0.15) is 18.2 Å². The van der Waals surface area contributed by atoms with Gasteiger partial charge < -0.3 is 20.7 Å². The number of benzene rings is 2. The Morgan fingerprint density at radius 1 is 1.25 bits per heavy atom. The second-order valence-corrected chi connectivity index (χ2v) is 10.5. The highest BCUT2D eigenvalue weighted by atomic mass is 35.5. The molecule has 3 aromatic rings. The third-order valence-corrected chi connectivity index (χ3v) is 6.89. The fraction of sp³-hybridized carbons (Fsp3) is 0.391. The SMILES string of the molecule is CS(=O)CCN1CCC(Oc2ccc(-c3c(Cl)cc(Nc4n[nH]c(N)n4)cc3C(F)(F)F)cc2)CC1. The molecule has 1 fully saturated rings. The smallest absolute Gasteiger partial charge is 0.417 e. The Morgan fingerprint density at radius 3 is 2.53 bits per heavy atom. The summed E-state index contributed by atoms with van der Waals surface area (Å²) in [5, 5.41) is 8.76. The molecular formula is C23H26ClF3N6O2S. The van der Waals surface area contributed by atoms with Crippen molar-refractivity contribution in [2.24, 2.45) is 0 Å². The predicted octanol–water partition coefficient (Wildman–Crippen LogP) is 4.69. The highest BCUT2D eigenvalue weighted by Crippen LogP contribution is 2.43. The molecule has 0 radical (unpaired) electrons. The number of halogens is 4. The van der Waals surface area contributed by atoms with E-state index in [9.17, 15) is 17.4 Å². The number of piperidine rings is 1. The number of H-pyrrole nitrogens is 1. The zero-order valence-electron chi connectivity index (χ0n) is 19.4. The molecule has 2 aromatic carbocycles. The molecule has 1 aliphatic heterocycles. The minimum atomic E-state index is -4.65. The molecule has 0 bridgehead atoms. The lowest BCUT2D eigenvalue weighted by atomic mass is 9.98. The molecule has 1 atom stereocenters. The summed E-state index contributed by atoms with van der Waals surface area (Å²) in [6, 6.07) is 8.79. The van der Waals surface area contributed by atoms with Crippen molar-refractivity contribution in [3.05, 3.63) is 47.0 Å². The maximum Gasteiger partial charge on any atom is 0.417 e. The van der Waals surface area contributed by atoms with Crippen molar-refractivity contribution in [2.45, 2.75) is 25.1 Å². The standard InChI is InChI=1S/C23H26ClF3N6O2S/c1-36(34)11-10-33-8-6-17(7-9-33)35-16-4-2-14(3-5-16)20-18(23(25,26)27)12-15(13-19(20)24)29-22-30-21(28)31-32-22/h2-5,12-13,17H,6-11H2,1H3,(H4,28,29,30,31,32). The van der Waals surface area contributed by atoms with Gasteiger partial charge >= 0.3 is 6.18 Å². The van der Waals surface area contributed by atoms with E-state index in [0.29, 0.717) is 17.1 Å². The van der Waals surface area contributed by atoms with Gasteiger partial charge in [-0.1, -0.05) is 23.7 Å². The molecule has 8 nitrogen and oxygen atoms in total. The minimum Gasteiger partial charge on any atom is -0.490 e. The number of aromatic amines is 1. The molecule has 0 saturated carbocycles. The van der Waals surface area contributed by atoms with E-state index < -0.39 is 22.5 Å². The number of rotatable bonds is 8. The maximum absolute atomic E-state index is 14.0. The molecule has 0 spiro atoms. The molecule has 194 valence electrons. The number of likely N-dealkylation sites (tertiary alicyclic amines) is 1. The Bertz CT molecular complexity index is 1210. The highest BCUT2D eigenvalue weighted by molar-refractivity contribution is 7.84. The van der Waals surface area contributed by atoms with Crippen molar-refractivity contribution >= 4 is 40.0 Å². The molecule has 4 N–H and O–H groups in total. The molecule has 2 heterocycles.